The molecule has 0 saturated heterocycles. The van der Waals surface area contributed by atoms with E-state index in [9.17, 15) is 0 Å². The lowest BCUT2D eigenvalue weighted by molar-refractivity contribution is -0.0197. The minimum Gasteiger partial charge on any atom is -0.398 e. The van der Waals surface area contributed by atoms with Gasteiger partial charge in [0.25, 0.3) is 0 Å². The maximum atomic E-state index is 5.77. The van der Waals surface area contributed by atoms with E-state index in [-0.39, 0.29) is 6.04 Å². The summed E-state index contributed by atoms with van der Waals surface area (Å²) in [4.78, 5) is 5.15. The van der Waals surface area contributed by atoms with Crippen LogP contribution in [0.2, 0.25) is 0 Å². The Kier molecular flexibility index (Phi) is 5.37. The van der Waals surface area contributed by atoms with Crippen LogP contribution in [0, 0.1) is 5.92 Å². The van der Waals surface area contributed by atoms with Crippen molar-refractivity contribution in [2.75, 3.05) is 14.1 Å². The van der Waals surface area contributed by atoms with E-state index in [0.717, 1.165) is 6.42 Å². The van der Waals surface area contributed by atoms with Crippen molar-refractivity contribution < 1.29 is 4.84 Å². The molecule has 2 N–H and O–H groups in total. The number of nitrogens with zero attached hydrogens (tertiary/aromatic N) is 1. The second-order valence-electron chi connectivity index (χ2n) is 3.46. The van der Waals surface area contributed by atoms with Crippen molar-refractivity contribution in [3.63, 3.8) is 0 Å². The van der Waals surface area contributed by atoms with Gasteiger partial charge in [0.15, 0.2) is 0 Å². The number of hydrogen-bond donors (Lipinski definition) is 1. The molecule has 0 rings (SSSR count). The van der Waals surface area contributed by atoms with E-state index in [4.69, 9.17) is 22.8 Å². The van der Waals surface area contributed by atoms with Crippen molar-refractivity contribution in [1.29, 1.82) is 0 Å². The average molecular weight is 190 g/mol. The molecule has 4 heteroatoms. The lowest BCUT2D eigenvalue weighted by Crippen LogP contribution is -2.35. The topological polar surface area (TPSA) is 38.5 Å². The molecule has 0 aromatic carbocycles. The van der Waals surface area contributed by atoms with Gasteiger partial charge in [-0.05, 0) is 24.6 Å². The van der Waals surface area contributed by atoms with Crippen molar-refractivity contribution in [1.82, 2.24) is 5.06 Å². The summed E-state index contributed by atoms with van der Waals surface area (Å²) in [6, 6.07) is -0.137. The predicted octanol–water partition coefficient (Wildman–Crippen LogP) is 1.18. The minimum atomic E-state index is -0.137. The van der Waals surface area contributed by atoms with Crippen molar-refractivity contribution in [3.8, 4) is 0 Å². The Morgan fingerprint density at radius 1 is 1.50 bits per heavy atom. The summed E-state index contributed by atoms with van der Waals surface area (Å²) in [6.07, 6.45) is 0.868. The van der Waals surface area contributed by atoms with Crippen LogP contribution in [0.15, 0.2) is 0 Å². The number of nitrogens with two attached hydrogens (primary N) is 1. The molecular formula is C8H18N2OS. The SMILES string of the molecule is CC(C)C[C@H](N)C(=S)ON(C)C. The molecular weight excluding hydrogens is 172 g/mol. The van der Waals surface area contributed by atoms with Gasteiger partial charge in [-0.25, -0.2) is 0 Å². The number of hydrogen-bond acceptors (Lipinski definition) is 4. The molecule has 12 heavy (non-hydrogen) atoms. The molecule has 0 aliphatic heterocycles. The van der Waals surface area contributed by atoms with Crippen LogP contribution in [0.3, 0.4) is 0 Å². The van der Waals surface area contributed by atoms with Crippen molar-refractivity contribution in [2.45, 2.75) is 26.3 Å². The Hall–Kier alpha value is -0.190. The molecule has 0 aromatic heterocycles. The third kappa shape index (κ3) is 5.46. The Labute approximate surface area is 79.8 Å². The molecule has 0 amide bonds. The van der Waals surface area contributed by atoms with Gasteiger partial charge in [0.05, 0.1) is 6.04 Å². The molecule has 0 aliphatic rings. The lowest BCUT2D eigenvalue weighted by atomic mass is 10.1. The third-order valence-corrected chi connectivity index (χ3v) is 1.68. The summed E-state index contributed by atoms with van der Waals surface area (Å²) in [5.74, 6) is 0.545. The molecule has 0 heterocycles. The second-order valence-corrected chi connectivity index (χ2v) is 3.86. The molecule has 1 atom stereocenters. The first kappa shape index (κ1) is 11.8. The highest BCUT2D eigenvalue weighted by Crippen LogP contribution is 2.05. The summed E-state index contributed by atoms with van der Waals surface area (Å²) in [5.41, 5.74) is 5.77. The zero-order valence-corrected chi connectivity index (χ0v) is 9.02. The molecule has 0 spiro atoms. The largest absolute Gasteiger partial charge is 0.398 e. The van der Waals surface area contributed by atoms with E-state index in [1.54, 1.807) is 19.2 Å². The highest BCUT2D eigenvalue weighted by Gasteiger charge is 2.13. The normalized spacial score (nSPS) is 13.6. The fourth-order valence-electron chi connectivity index (χ4n) is 0.852. The van der Waals surface area contributed by atoms with Gasteiger partial charge in [-0.15, -0.1) is 5.06 Å². The van der Waals surface area contributed by atoms with Gasteiger partial charge >= 0.3 is 0 Å². The summed E-state index contributed by atoms with van der Waals surface area (Å²) in [5, 5.41) is 2.02. The van der Waals surface area contributed by atoms with Crippen LogP contribution < -0.4 is 5.73 Å². The first-order valence-corrected chi connectivity index (χ1v) is 4.49. The van der Waals surface area contributed by atoms with Crippen molar-refractivity contribution in [2.24, 2.45) is 11.7 Å². The van der Waals surface area contributed by atoms with Crippen molar-refractivity contribution >= 4 is 17.3 Å². The molecule has 0 unspecified atom stereocenters. The van der Waals surface area contributed by atoms with Crippen LogP contribution in [0.4, 0.5) is 0 Å². The summed E-state index contributed by atoms with van der Waals surface area (Å²) >= 11 is 4.98. The second kappa shape index (κ2) is 5.45. The monoisotopic (exact) mass is 190 g/mol. The zero-order valence-electron chi connectivity index (χ0n) is 8.20. The van der Waals surface area contributed by atoms with Crippen molar-refractivity contribution in [3.05, 3.63) is 0 Å². The van der Waals surface area contributed by atoms with Crippen LogP contribution in [0.1, 0.15) is 20.3 Å². The van der Waals surface area contributed by atoms with E-state index in [1.165, 1.54) is 0 Å². The van der Waals surface area contributed by atoms with E-state index in [0.29, 0.717) is 11.0 Å². The van der Waals surface area contributed by atoms with Crippen LogP contribution in [0.25, 0.3) is 0 Å². The highest BCUT2D eigenvalue weighted by molar-refractivity contribution is 7.80. The number of thiocarbonyl (C=S) groups is 1. The summed E-state index contributed by atoms with van der Waals surface area (Å²) in [7, 11) is 3.57. The summed E-state index contributed by atoms with van der Waals surface area (Å²) in [6.45, 7) is 4.22. The van der Waals surface area contributed by atoms with Crippen LogP contribution in [0.5, 0.6) is 0 Å². The molecule has 0 saturated carbocycles. The molecule has 0 bridgehead atoms. The lowest BCUT2D eigenvalue weighted by Gasteiger charge is -2.18. The Balaban J connectivity index is 3.77. The quantitative estimate of drug-likeness (QED) is 0.534. The van der Waals surface area contributed by atoms with Gasteiger partial charge < -0.3 is 10.6 Å². The van der Waals surface area contributed by atoms with Gasteiger partial charge in [-0.1, -0.05) is 13.8 Å². The van der Waals surface area contributed by atoms with Crippen LogP contribution in [-0.4, -0.2) is 30.3 Å². The van der Waals surface area contributed by atoms with Crippen LogP contribution >= 0.6 is 12.2 Å². The number of hydroxylamine groups is 2. The molecule has 0 radical (unpaired) electrons. The molecule has 3 nitrogen and oxygen atoms in total. The third-order valence-electron chi connectivity index (χ3n) is 1.30. The summed E-state index contributed by atoms with van der Waals surface area (Å²) < 4.78 is 0. The maximum absolute atomic E-state index is 5.77. The predicted molar refractivity (Wildman–Crippen MR) is 54.8 cm³/mol. The first-order valence-electron chi connectivity index (χ1n) is 4.08. The maximum Gasteiger partial charge on any atom is 0.204 e. The molecule has 72 valence electrons. The molecule has 0 fully saturated rings. The van der Waals surface area contributed by atoms with E-state index < -0.39 is 0 Å². The van der Waals surface area contributed by atoms with Gasteiger partial charge in [0, 0.05) is 14.1 Å². The van der Waals surface area contributed by atoms with E-state index in [2.05, 4.69) is 13.8 Å². The van der Waals surface area contributed by atoms with E-state index in [1.807, 2.05) is 0 Å². The van der Waals surface area contributed by atoms with Gasteiger partial charge in [-0.2, -0.15) is 0 Å². The molecule has 0 aliphatic carbocycles. The average Bonchev–Trinajstić information content (AvgIpc) is 1.84. The van der Waals surface area contributed by atoms with E-state index >= 15 is 0 Å². The number of rotatable bonds is 4. The smallest absolute Gasteiger partial charge is 0.204 e. The fraction of sp³-hybridized carbons (Fsp3) is 0.875. The Bertz CT molecular complexity index is 148. The van der Waals surface area contributed by atoms with Crippen LogP contribution in [-0.2, 0) is 4.84 Å². The minimum absolute atomic E-state index is 0.137. The first-order chi connectivity index (χ1) is 5.43. The Morgan fingerprint density at radius 3 is 2.33 bits per heavy atom. The zero-order chi connectivity index (χ0) is 9.72. The highest BCUT2D eigenvalue weighted by atomic mass is 32.1. The standard InChI is InChI=1S/C8H18N2OS/c1-6(2)5-7(9)8(12)11-10(3)4/h6-7H,5,9H2,1-4H3/t7-/m0/s1. The fourth-order valence-corrected chi connectivity index (χ4v) is 1.10. The Morgan fingerprint density at radius 2 is 2.00 bits per heavy atom. The molecule has 0 aromatic rings. The van der Waals surface area contributed by atoms with Gasteiger partial charge in [0.1, 0.15) is 0 Å². The van der Waals surface area contributed by atoms with Gasteiger partial charge in [-0.3, -0.25) is 0 Å². The van der Waals surface area contributed by atoms with Gasteiger partial charge in [0.2, 0.25) is 5.05 Å².